The molecule has 0 saturated carbocycles. The zero-order valence-corrected chi connectivity index (χ0v) is 15.6. The number of ether oxygens (including phenoxy) is 2. The van der Waals surface area contributed by atoms with Crippen molar-refractivity contribution in [2.75, 3.05) is 7.11 Å². The Bertz CT molecular complexity index is 727. The van der Waals surface area contributed by atoms with E-state index in [-0.39, 0.29) is 11.9 Å². The molecule has 1 N–H and O–H groups in total. The molecule has 0 radical (unpaired) electrons. The second-order valence-corrected chi connectivity index (χ2v) is 6.26. The van der Waals surface area contributed by atoms with Crippen LogP contribution in [0, 0.1) is 13.8 Å². The molecule has 4 heteroatoms. The van der Waals surface area contributed by atoms with Crippen molar-refractivity contribution < 1.29 is 14.3 Å². The minimum atomic E-state index is -0.530. The van der Waals surface area contributed by atoms with E-state index in [9.17, 15) is 4.79 Å². The molecule has 25 heavy (non-hydrogen) atoms. The molecule has 2 aromatic rings. The van der Waals surface area contributed by atoms with Gasteiger partial charge in [0.2, 0.25) is 0 Å². The lowest BCUT2D eigenvalue weighted by atomic mass is 10.1. The molecule has 0 saturated heterocycles. The highest BCUT2D eigenvalue weighted by atomic mass is 16.5. The fraction of sp³-hybridized carbons (Fsp3) is 0.381. The van der Waals surface area contributed by atoms with E-state index in [2.05, 4.69) is 5.32 Å². The number of rotatable bonds is 7. The number of amides is 1. The Labute approximate surface area is 150 Å². The second kappa shape index (κ2) is 8.56. The van der Waals surface area contributed by atoms with Crippen LogP contribution >= 0.6 is 0 Å². The molecule has 0 bridgehead atoms. The Morgan fingerprint density at radius 2 is 1.84 bits per heavy atom. The van der Waals surface area contributed by atoms with E-state index in [4.69, 9.17) is 9.47 Å². The maximum absolute atomic E-state index is 12.7. The van der Waals surface area contributed by atoms with Crippen molar-refractivity contribution in [2.24, 2.45) is 0 Å². The Morgan fingerprint density at radius 1 is 1.12 bits per heavy atom. The number of hydrogen-bond donors (Lipinski definition) is 1. The Hall–Kier alpha value is -2.49. The molecule has 134 valence electrons. The fourth-order valence-corrected chi connectivity index (χ4v) is 2.72. The molecule has 2 atom stereocenters. The number of nitrogens with one attached hydrogen (secondary N) is 1. The Morgan fingerprint density at radius 3 is 2.52 bits per heavy atom. The molecule has 0 spiro atoms. The van der Waals surface area contributed by atoms with Gasteiger partial charge in [-0.15, -0.1) is 0 Å². The number of para-hydroxylation sites is 1. The summed E-state index contributed by atoms with van der Waals surface area (Å²) in [4.78, 5) is 12.7. The lowest BCUT2D eigenvalue weighted by Crippen LogP contribution is -2.39. The highest BCUT2D eigenvalue weighted by molar-refractivity contribution is 5.81. The highest BCUT2D eigenvalue weighted by Crippen LogP contribution is 2.25. The van der Waals surface area contributed by atoms with Gasteiger partial charge in [-0.2, -0.15) is 0 Å². The van der Waals surface area contributed by atoms with Crippen LogP contribution < -0.4 is 14.8 Å². The van der Waals surface area contributed by atoms with Gasteiger partial charge in [-0.1, -0.05) is 37.3 Å². The molecular formula is C21H27NO3. The van der Waals surface area contributed by atoms with Gasteiger partial charge >= 0.3 is 0 Å². The summed E-state index contributed by atoms with van der Waals surface area (Å²) in [6, 6.07) is 13.5. The normalized spacial score (nSPS) is 13.0. The largest absolute Gasteiger partial charge is 0.496 e. The number of methoxy groups -OCH3 is 1. The number of aryl methyl sites for hydroxylation is 2. The van der Waals surface area contributed by atoms with Gasteiger partial charge in [0.1, 0.15) is 11.5 Å². The van der Waals surface area contributed by atoms with Crippen LogP contribution in [0.25, 0.3) is 0 Å². The van der Waals surface area contributed by atoms with Crippen molar-refractivity contribution in [2.45, 2.75) is 46.3 Å². The first-order valence-corrected chi connectivity index (χ1v) is 8.63. The first kappa shape index (κ1) is 18.8. The van der Waals surface area contributed by atoms with Gasteiger partial charge in [-0.3, -0.25) is 4.79 Å². The third-order valence-electron chi connectivity index (χ3n) is 4.24. The molecule has 2 rings (SSSR count). The van der Waals surface area contributed by atoms with Crippen LogP contribution in [0.15, 0.2) is 42.5 Å². The van der Waals surface area contributed by atoms with Crippen LogP contribution in [0.4, 0.5) is 0 Å². The molecule has 0 fully saturated rings. The van der Waals surface area contributed by atoms with Gasteiger partial charge in [0.05, 0.1) is 13.2 Å². The van der Waals surface area contributed by atoms with Gasteiger partial charge in [0.15, 0.2) is 6.10 Å². The van der Waals surface area contributed by atoms with Crippen LogP contribution in [0.2, 0.25) is 0 Å². The summed E-state index contributed by atoms with van der Waals surface area (Å²) in [5, 5.41) is 3.03. The second-order valence-electron chi connectivity index (χ2n) is 6.26. The van der Waals surface area contributed by atoms with Crippen LogP contribution in [0.1, 0.15) is 43.0 Å². The maximum Gasteiger partial charge on any atom is 0.261 e. The molecular weight excluding hydrogens is 314 g/mol. The Kier molecular flexibility index (Phi) is 6.45. The maximum atomic E-state index is 12.7. The molecule has 0 aromatic heterocycles. The van der Waals surface area contributed by atoms with Crippen LogP contribution in [-0.2, 0) is 4.79 Å². The van der Waals surface area contributed by atoms with E-state index in [0.717, 1.165) is 28.2 Å². The van der Waals surface area contributed by atoms with E-state index in [1.54, 1.807) is 7.11 Å². The van der Waals surface area contributed by atoms with Crippen molar-refractivity contribution in [1.29, 1.82) is 0 Å². The monoisotopic (exact) mass is 341 g/mol. The van der Waals surface area contributed by atoms with E-state index in [1.165, 1.54) is 0 Å². The predicted molar refractivity (Wildman–Crippen MR) is 100 cm³/mol. The average molecular weight is 341 g/mol. The third-order valence-corrected chi connectivity index (χ3v) is 4.24. The quantitative estimate of drug-likeness (QED) is 0.814. The van der Waals surface area contributed by atoms with Crippen molar-refractivity contribution >= 4 is 5.91 Å². The average Bonchev–Trinajstić information content (AvgIpc) is 2.62. The summed E-state index contributed by atoms with van der Waals surface area (Å²) in [5.74, 6) is 1.40. The van der Waals surface area contributed by atoms with Crippen LogP contribution in [0.3, 0.4) is 0 Å². The fourth-order valence-electron chi connectivity index (χ4n) is 2.72. The van der Waals surface area contributed by atoms with Crippen molar-refractivity contribution in [3.8, 4) is 11.5 Å². The first-order valence-electron chi connectivity index (χ1n) is 8.63. The van der Waals surface area contributed by atoms with Gasteiger partial charge in [0, 0.05) is 5.56 Å². The van der Waals surface area contributed by atoms with E-state index in [1.807, 2.05) is 70.2 Å². The summed E-state index contributed by atoms with van der Waals surface area (Å²) in [6.07, 6.45) is 0.0652. The molecule has 0 heterocycles. The lowest BCUT2D eigenvalue weighted by molar-refractivity contribution is -0.128. The van der Waals surface area contributed by atoms with Gasteiger partial charge in [0.25, 0.3) is 5.91 Å². The minimum Gasteiger partial charge on any atom is -0.496 e. The standard InChI is InChI=1S/C21H27NO3/c1-6-18(25-20-13-14(2)11-12-15(20)3)21(23)22-16(4)17-9-7-8-10-19(17)24-5/h7-13,16,18H,6H2,1-5H3,(H,22,23)/t16-,18-/m0/s1. The van der Waals surface area contributed by atoms with E-state index in [0.29, 0.717) is 6.42 Å². The molecule has 1 amide bonds. The number of hydrogen-bond acceptors (Lipinski definition) is 3. The molecule has 2 aromatic carbocycles. The summed E-state index contributed by atoms with van der Waals surface area (Å²) in [5.41, 5.74) is 3.08. The summed E-state index contributed by atoms with van der Waals surface area (Å²) >= 11 is 0. The van der Waals surface area contributed by atoms with Crippen molar-refractivity contribution in [3.63, 3.8) is 0 Å². The molecule has 4 nitrogen and oxygen atoms in total. The predicted octanol–water partition coefficient (Wildman–Crippen LogP) is 4.35. The summed E-state index contributed by atoms with van der Waals surface area (Å²) in [7, 11) is 1.63. The summed E-state index contributed by atoms with van der Waals surface area (Å²) < 4.78 is 11.4. The summed E-state index contributed by atoms with van der Waals surface area (Å²) in [6.45, 7) is 7.89. The van der Waals surface area contributed by atoms with E-state index >= 15 is 0 Å². The molecule has 0 aliphatic carbocycles. The molecule has 0 aliphatic rings. The zero-order chi connectivity index (χ0) is 18.4. The zero-order valence-electron chi connectivity index (χ0n) is 15.6. The third kappa shape index (κ3) is 4.75. The van der Waals surface area contributed by atoms with Crippen LogP contribution in [0.5, 0.6) is 11.5 Å². The van der Waals surface area contributed by atoms with Gasteiger partial charge in [-0.25, -0.2) is 0 Å². The first-order chi connectivity index (χ1) is 12.0. The molecule has 0 aliphatic heterocycles. The molecule has 0 unspecified atom stereocenters. The highest BCUT2D eigenvalue weighted by Gasteiger charge is 2.22. The lowest BCUT2D eigenvalue weighted by Gasteiger charge is -2.22. The van der Waals surface area contributed by atoms with Gasteiger partial charge in [-0.05, 0) is 50.5 Å². The number of carbonyl (C=O) groups excluding carboxylic acids is 1. The van der Waals surface area contributed by atoms with Crippen LogP contribution in [-0.4, -0.2) is 19.1 Å². The van der Waals surface area contributed by atoms with Crippen molar-refractivity contribution in [1.82, 2.24) is 5.32 Å². The van der Waals surface area contributed by atoms with Crippen molar-refractivity contribution in [3.05, 3.63) is 59.2 Å². The minimum absolute atomic E-state index is 0.123. The van der Waals surface area contributed by atoms with Gasteiger partial charge < -0.3 is 14.8 Å². The smallest absolute Gasteiger partial charge is 0.261 e. The Balaban J connectivity index is 2.10. The number of carbonyl (C=O) groups is 1. The topological polar surface area (TPSA) is 47.6 Å². The SMILES string of the molecule is CC[C@H](Oc1cc(C)ccc1C)C(=O)N[C@@H](C)c1ccccc1OC. The van der Waals surface area contributed by atoms with E-state index < -0.39 is 6.10 Å². The number of benzene rings is 2.